The van der Waals surface area contributed by atoms with Gasteiger partial charge in [-0.3, -0.25) is 0 Å². The van der Waals surface area contributed by atoms with Gasteiger partial charge in [0.1, 0.15) is 5.15 Å². The fourth-order valence-electron chi connectivity index (χ4n) is 1.28. The van der Waals surface area contributed by atoms with Crippen LogP contribution in [0.25, 0.3) is 0 Å². The highest BCUT2D eigenvalue weighted by atomic mass is 127. The third kappa shape index (κ3) is 8.22. The van der Waals surface area contributed by atoms with Gasteiger partial charge < -0.3 is 15.4 Å². The zero-order valence-electron chi connectivity index (χ0n) is 11.1. The van der Waals surface area contributed by atoms with Crippen LogP contribution in [0.1, 0.15) is 12.5 Å². The van der Waals surface area contributed by atoms with Crippen molar-refractivity contribution < 1.29 is 4.74 Å². The number of halogens is 2. The van der Waals surface area contributed by atoms with Crippen LogP contribution < -0.4 is 10.6 Å². The summed E-state index contributed by atoms with van der Waals surface area (Å²) in [4.78, 5) is 8.45. The molecule has 0 amide bonds. The van der Waals surface area contributed by atoms with E-state index >= 15 is 0 Å². The van der Waals surface area contributed by atoms with Crippen molar-refractivity contribution in [3.8, 4) is 0 Å². The van der Waals surface area contributed by atoms with E-state index in [1.54, 1.807) is 19.4 Å². The summed E-state index contributed by atoms with van der Waals surface area (Å²) < 4.78 is 4.98. The Morgan fingerprint density at radius 2 is 2.21 bits per heavy atom. The van der Waals surface area contributed by atoms with Crippen LogP contribution in [0.4, 0.5) is 0 Å². The second-order valence-corrected chi connectivity index (χ2v) is 3.99. The van der Waals surface area contributed by atoms with Crippen molar-refractivity contribution in [1.82, 2.24) is 15.6 Å². The maximum absolute atomic E-state index is 5.72. The van der Waals surface area contributed by atoms with Crippen LogP contribution in [-0.4, -0.2) is 37.7 Å². The molecule has 0 saturated heterocycles. The van der Waals surface area contributed by atoms with E-state index in [1.807, 2.05) is 13.0 Å². The highest BCUT2D eigenvalue weighted by Gasteiger charge is 1.97. The maximum Gasteiger partial charge on any atom is 0.191 e. The summed E-state index contributed by atoms with van der Waals surface area (Å²) in [5.74, 6) is 0.768. The molecule has 1 aromatic rings. The number of rotatable bonds is 6. The van der Waals surface area contributed by atoms with Crippen molar-refractivity contribution in [2.45, 2.75) is 13.5 Å². The van der Waals surface area contributed by atoms with Gasteiger partial charge in [0.05, 0.1) is 13.2 Å². The zero-order chi connectivity index (χ0) is 13.2. The molecule has 5 nitrogen and oxygen atoms in total. The fourth-order valence-corrected chi connectivity index (χ4v) is 1.40. The van der Waals surface area contributed by atoms with Crippen LogP contribution in [-0.2, 0) is 11.3 Å². The van der Waals surface area contributed by atoms with E-state index < -0.39 is 0 Å². The number of nitrogens with zero attached hydrogens (tertiary/aromatic N) is 2. The van der Waals surface area contributed by atoms with E-state index in [0.717, 1.165) is 24.6 Å². The molecular formula is C12H20ClIN4O. The Morgan fingerprint density at radius 1 is 1.42 bits per heavy atom. The average Bonchev–Trinajstić information content (AvgIpc) is 2.38. The molecule has 0 fully saturated rings. The molecule has 0 aliphatic rings. The topological polar surface area (TPSA) is 58.5 Å². The van der Waals surface area contributed by atoms with Crippen LogP contribution in [0.15, 0.2) is 23.3 Å². The molecule has 0 spiro atoms. The number of pyridine rings is 1. The van der Waals surface area contributed by atoms with E-state index in [0.29, 0.717) is 18.3 Å². The monoisotopic (exact) mass is 398 g/mol. The Bertz CT molecular complexity index is 372. The molecule has 108 valence electrons. The van der Waals surface area contributed by atoms with Crippen molar-refractivity contribution in [1.29, 1.82) is 0 Å². The fraction of sp³-hybridized carbons (Fsp3) is 0.500. The second-order valence-electron chi connectivity index (χ2n) is 3.60. The van der Waals surface area contributed by atoms with Gasteiger partial charge in [0.2, 0.25) is 0 Å². The van der Waals surface area contributed by atoms with Gasteiger partial charge in [0.15, 0.2) is 5.96 Å². The summed E-state index contributed by atoms with van der Waals surface area (Å²) >= 11 is 5.72. The van der Waals surface area contributed by atoms with Crippen molar-refractivity contribution in [2.75, 3.05) is 26.8 Å². The lowest BCUT2D eigenvalue weighted by molar-refractivity contribution is 0.203. The third-order valence-corrected chi connectivity index (χ3v) is 2.37. The van der Waals surface area contributed by atoms with Crippen LogP contribution >= 0.6 is 35.6 Å². The lowest BCUT2D eigenvalue weighted by Crippen LogP contribution is -2.38. The van der Waals surface area contributed by atoms with Gasteiger partial charge in [0.25, 0.3) is 0 Å². The molecule has 19 heavy (non-hydrogen) atoms. The minimum atomic E-state index is 0. The minimum absolute atomic E-state index is 0. The third-order valence-electron chi connectivity index (χ3n) is 2.15. The standard InChI is InChI=1S/C12H19ClN4O.HI/c1-3-14-12(15-6-7-18-2)17-9-10-4-5-11(13)16-8-10;/h4-5,8H,3,6-7,9H2,1-2H3,(H2,14,15,17);1H. The van der Waals surface area contributed by atoms with Gasteiger partial charge in [0, 0.05) is 26.4 Å². The summed E-state index contributed by atoms with van der Waals surface area (Å²) in [6.45, 7) is 4.77. The molecule has 0 aliphatic heterocycles. The van der Waals surface area contributed by atoms with Gasteiger partial charge >= 0.3 is 0 Å². The molecule has 0 aliphatic carbocycles. The van der Waals surface area contributed by atoms with E-state index in [-0.39, 0.29) is 24.0 Å². The van der Waals surface area contributed by atoms with Crippen LogP contribution in [0, 0.1) is 0 Å². The Labute approximate surface area is 136 Å². The number of guanidine groups is 1. The van der Waals surface area contributed by atoms with Crippen LogP contribution in [0.3, 0.4) is 0 Å². The van der Waals surface area contributed by atoms with Gasteiger partial charge in [-0.1, -0.05) is 17.7 Å². The van der Waals surface area contributed by atoms with E-state index in [2.05, 4.69) is 20.6 Å². The molecule has 7 heteroatoms. The lowest BCUT2D eigenvalue weighted by atomic mass is 10.3. The second kappa shape index (κ2) is 11.2. The summed E-state index contributed by atoms with van der Waals surface area (Å²) in [7, 11) is 1.67. The van der Waals surface area contributed by atoms with Crippen molar-refractivity contribution in [3.05, 3.63) is 29.0 Å². The van der Waals surface area contributed by atoms with Crippen molar-refractivity contribution in [2.24, 2.45) is 4.99 Å². The van der Waals surface area contributed by atoms with Crippen LogP contribution in [0.5, 0.6) is 0 Å². The quantitative estimate of drug-likeness (QED) is 0.253. The maximum atomic E-state index is 5.72. The predicted octanol–water partition coefficient (Wildman–Crippen LogP) is 2.05. The highest BCUT2D eigenvalue weighted by Crippen LogP contribution is 2.05. The van der Waals surface area contributed by atoms with Crippen LogP contribution in [0.2, 0.25) is 5.15 Å². The average molecular weight is 399 g/mol. The summed E-state index contributed by atoms with van der Waals surface area (Å²) in [6, 6.07) is 3.68. The molecule has 0 aromatic carbocycles. The number of aromatic nitrogens is 1. The van der Waals surface area contributed by atoms with Gasteiger partial charge in [-0.05, 0) is 18.6 Å². The number of methoxy groups -OCH3 is 1. The molecule has 1 rings (SSSR count). The number of nitrogens with one attached hydrogen (secondary N) is 2. The van der Waals surface area contributed by atoms with E-state index in [4.69, 9.17) is 16.3 Å². The van der Waals surface area contributed by atoms with E-state index in [1.165, 1.54) is 0 Å². The molecule has 0 atom stereocenters. The van der Waals surface area contributed by atoms with Gasteiger partial charge in [-0.15, -0.1) is 24.0 Å². The Hall–Kier alpha value is -0.600. The lowest BCUT2D eigenvalue weighted by Gasteiger charge is -2.10. The minimum Gasteiger partial charge on any atom is -0.383 e. The zero-order valence-corrected chi connectivity index (χ0v) is 14.2. The first-order valence-corrected chi connectivity index (χ1v) is 6.25. The highest BCUT2D eigenvalue weighted by molar-refractivity contribution is 14.0. The number of hydrogen-bond acceptors (Lipinski definition) is 3. The Balaban J connectivity index is 0.00000324. The first-order valence-electron chi connectivity index (χ1n) is 5.87. The Morgan fingerprint density at radius 3 is 2.79 bits per heavy atom. The van der Waals surface area contributed by atoms with Crippen molar-refractivity contribution >= 4 is 41.5 Å². The van der Waals surface area contributed by atoms with Gasteiger partial charge in [-0.2, -0.15) is 0 Å². The smallest absolute Gasteiger partial charge is 0.191 e. The molecule has 0 saturated carbocycles. The van der Waals surface area contributed by atoms with Gasteiger partial charge in [-0.25, -0.2) is 9.98 Å². The SMILES string of the molecule is CCNC(=NCc1ccc(Cl)nc1)NCCOC.I. The number of aliphatic imine (C=N–C) groups is 1. The first kappa shape index (κ1) is 18.4. The molecule has 0 bridgehead atoms. The molecular weight excluding hydrogens is 379 g/mol. The van der Waals surface area contributed by atoms with E-state index in [9.17, 15) is 0 Å². The Kier molecular flexibility index (Phi) is 10.9. The molecule has 2 N–H and O–H groups in total. The summed E-state index contributed by atoms with van der Waals surface area (Å²) in [5, 5.41) is 6.82. The molecule has 1 aromatic heterocycles. The summed E-state index contributed by atoms with van der Waals surface area (Å²) in [6.07, 6.45) is 1.73. The molecule has 0 radical (unpaired) electrons. The number of hydrogen-bond donors (Lipinski definition) is 2. The molecule has 0 unspecified atom stereocenters. The predicted molar refractivity (Wildman–Crippen MR) is 89.4 cm³/mol. The largest absolute Gasteiger partial charge is 0.383 e. The first-order chi connectivity index (χ1) is 8.76. The summed E-state index contributed by atoms with van der Waals surface area (Å²) in [5.41, 5.74) is 1.02. The van der Waals surface area contributed by atoms with Crippen molar-refractivity contribution in [3.63, 3.8) is 0 Å². The normalized spacial score (nSPS) is 10.8. The molecule has 1 heterocycles. The number of ether oxygens (including phenoxy) is 1.